The van der Waals surface area contributed by atoms with Crippen molar-refractivity contribution in [1.82, 2.24) is 15.3 Å². The van der Waals surface area contributed by atoms with E-state index in [2.05, 4.69) is 49.6 Å². The maximum absolute atomic E-state index is 4.55. The van der Waals surface area contributed by atoms with Crippen molar-refractivity contribution in [2.24, 2.45) is 0 Å². The molecule has 0 aliphatic rings. The summed E-state index contributed by atoms with van der Waals surface area (Å²) >= 11 is 5.19. The van der Waals surface area contributed by atoms with Gasteiger partial charge in [-0.15, -0.1) is 11.3 Å². The van der Waals surface area contributed by atoms with Crippen molar-refractivity contribution in [2.45, 2.75) is 32.7 Å². The summed E-state index contributed by atoms with van der Waals surface area (Å²) in [5, 5.41) is 6.84. The summed E-state index contributed by atoms with van der Waals surface area (Å²) in [6, 6.07) is 2.39. The van der Waals surface area contributed by atoms with Gasteiger partial charge in [-0.2, -0.15) is 0 Å². The van der Waals surface area contributed by atoms with Crippen molar-refractivity contribution in [2.75, 3.05) is 6.54 Å². The number of pyridine rings is 1. The first kappa shape index (κ1) is 14.6. The number of thiazole rings is 1. The fraction of sp³-hybridized carbons (Fsp3) is 0.429. The Bertz CT molecular complexity index is 527. The Kier molecular flexibility index (Phi) is 5.48. The lowest BCUT2D eigenvalue weighted by atomic mass is 10.0. The SMILES string of the molecule is CCCNC(Cc1csc(C)n1)c1cncc(Br)c1. The Morgan fingerprint density at radius 2 is 2.26 bits per heavy atom. The van der Waals surface area contributed by atoms with Crippen molar-refractivity contribution in [3.05, 3.63) is 44.6 Å². The first-order valence-corrected chi connectivity index (χ1v) is 8.11. The molecule has 2 aromatic heterocycles. The fourth-order valence-electron chi connectivity index (χ4n) is 1.96. The number of halogens is 1. The van der Waals surface area contributed by atoms with E-state index in [9.17, 15) is 0 Å². The quantitative estimate of drug-likeness (QED) is 0.867. The number of nitrogens with zero attached hydrogens (tertiary/aromatic N) is 2. The Labute approximate surface area is 126 Å². The zero-order chi connectivity index (χ0) is 13.7. The maximum Gasteiger partial charge on any atom is 0.0897 e. The van der Waals surface area contributed by atoms with Crippen LogP contribution in [0.4, 0.5) is 0 Å². The molecule has 102 valence electrons. The van der Waals surface area contributed by atoms with Crippen LogP contribution in [0.2, 0.25) is 0 Å². The molecule has 2 aromatic rings. The first-order chi connectivity index (χ1) is 9.19. The van der Waals surface area contributed by atoms with Gasteiger partial charge in [0.15, 0.2) is 0 Å². The lowest BCUT2D eigenvalue weighted by Gasteiger charge is -2.18. The molecular formula is C14H18BrN3S. The lowest BCUT2D eigenvalue weighted by molar-refractivity contribution is 0.523. The van der Waals surface area contributed by atoms with Gasteiger partial charge in [-0.1, -0.05) is 6.92 Å². The molecule has 0 saturated heterocycles. The van der Waals surface area contributed by atoms with E-state index in [1.54, 1.807) is 11.3 Å². The van der Waals surface area contributed by atoms with Crippen LogP contribution in [0.15, 0.2) is 28.3 Å². The van der Waals surface area contributed by atoms with Gasteiger partial charge in [0.25, 0.3) is 0 Å². The molecule has 2 heterocycles. The average molecular weight is 340 g/mol. The Morgan fingerprint density at radius 3 is 2.89 bits per heavy atom. The normalized spacial score (nSPS) is 12.6. The molecule has 0 aliphatic heterocycles. The highest BCUT2D eigenvalue weighted by Crippen LogP contribution is 2.21. The van der Waals surface area contributed by atoms with Crippen molar-refractivity contribution < 1.29 is 0 Å². The van der Waals surface area contributed by atoms with Gasteiger partial charge < -0.3 is 5.32 Å². The molecule has 1 N–H and O–H groups in total. The van der Waals surface area contributed by atoms with Crippen molar-refractivity contribution in [3.8, 4) is 0 Å². The minimum absolute atomic E-state index is 0.270. The molecule has 0 amide bonds. The average Bonchev–Trinajstić information content (AvgIpc) is 2.80. The van der Waals surface area contributed by atoms with Crippen LogP contribution in [0.5, 0.6) is 0 Å². The highest BCUT2D eigenvalue weighted by molar-refractivity contribution is 9.10. The summed E-state index contributed by atoms with van der Waals surface area (Å²) in [7, 11) is 0. The van der Waals surface area contributed by atoms with Gasteiger partial charge in [0.2, 0.25) is 0 Å². The molecule has 0 aromatic carbocycles. The number of rotatable bonds is 6. The zero-order valence-electron chi connectivity index (χ0n) is 11.2. The largest absolute Gasteiger partial charge is 0.310 e. The van der Waals surface area contributed by atoms with Crippen LogP contribution in [0.25, 0.3) is 0 Å². The lowest BCUT2D eigenvalue weighted by Crippen LogP contribution is -2.24. The first-order valence-electron chi connectivity index (χ1n) is 6.44. The standard InChI is InChI=1S/C14H18BrN3S/c1-3-4-17-14(6-13-9-19-10(2)18-13)11-5-12(15)8-16-7-11/h5,7-9,14,17H,3-4,6H2,1-2H3. The minimum Gasteiger partial charge on any atom is -0.310 e. The van der Waals surface area contributed by atoms with Crippen LogP contribution >= 0.6 is 27.3 Å². The zero-order valence-corrected chi connectivity index (χ0v) is 13.6. The van der Waals surface area contributed by atoms with E-state index >= 15 is 0 Å². The summed E-state index contributed by atoms with van der Waals surface area (Å²) in [6.45, 7) is 5.22. The topological polar surface area (TPSA) is 37.8 Å². The van der Waals surface area contributed by atoms with Gasteiger partial charge in [-0.25, -0.2) is 4.98 Å². The molecule has 3 nitrogen and oxygen atoms in total. The fourth-order valence-corrected chi connectivity index (χ4v) is 2.96. The maximum atomic E-state index is 4.55. The van der Waals surface area contributed by atoms with Crippen molar-refractivity contribution >= 4 is 27.3 Å². The van der Waals surface area contributed by atoms with Crippen LogP contribution in [0.3, 0.4) is 0 Å². The predicted molar refractivity (Wildman–Crippen MR) is 83.5 cm³/mol. The number of hydrogen-bond donors (Lipinski definition) is 1. The van der Waals surface area contributed by atoms with Gasteiger partial charge in [0.1, 0.15) is 0 Å². The third-order valence-electron chi connectivity index (χ3n) is 2.85. The molecule has 0 bridgehead atoms. The van der Waals surface area contributed by atoms with E-state index in [-0.39, 0.29) is 6.04 Å². The van der Waals surface area contributed by atoms with Crippen LogP contribution in [-0.4, -0.2) is 16.5 Å². The Hall–Kier alpha value is -0.780. The van der Waals surface area contributed by atoms with E-state index in [0.29, 0.717) is 0 Å². The Morgan fingerprint density at radius 1 is 1.42 bits per heavy atom. The van der Waals surface area contributed by atoms with E-state index < -0.39 is 0 Å². The van der Waals surface area contributed by atoms with Crippen LogP contribution < -0.4 is 5.32 Å². The smallest absolute Gasteiger partial charge is 0.0897 e. The number of aromatic nitrogens is 2. The van der Waals surface area contributed by atoms with E-state index in [4.69, 9.17) is 0 Å². The Balaban J connectivity index is 2.15. The third kappa shape index (κ3) is 4.37. The second-order valence-electron chi connectivity index (χ2n) is 4.51. The molecular weight excluding hydrogens is 322 g/mol. The van der Waals surface area contributed by atoms with Crippen LogP contribution in [0, 0.1) is 6.92 Å². The minimum atomic E-state index is 0.270. The summed E-state index contributed by atoms with van der Waals surface area (Å²) in [6.07, 6.45) is 5.77. The van der Waals surface area contributed by atoms with Crippen LogP contribution in [0.1, 0.15) is 35.7 Å². The molecule has 2 rings (SSSR count). The van der Waals surface area contributed by atoms with E-state index in [1.165, 1.54) is 5.56 Å². The van der Waals surface area contributed by atoms with Gasteiger partial charge in [0.05, 0.1) is 10.7 Å². The van der Waals surface area contributed by atoms with Gasteiger partial charge >= 0.3 is 0 Å². The molecule has 0 radical (unpaired) electrons. The molecule has 1 unspecified atom stereocenters. The molecule has 0 fully saturated rings. The molecule has 19 heavy (non-hydrogen) atoms. The van der Waals surface area contributed by atoms with Gasteiger partial charge in [-0.3, -0.25) is 4.98 Å². The number of nitrogens with one attached hydrogen (secondary N) is 1. The second-order valence-corrected chi connectivity index (χ2v) is 6.48. The highest BCUT2D eigenvalue weighted by Gasteiger charge is 2.14. The second kappa shape index (κ2) is 7.12. The van der Waals surface area contributed by atoms with Crippen molar-refractivity contribution in [3.63, 3.8) is 0 Å². The highest BCUT2D eigenvalue weighted by atomic mass is 79.9. The van der Waals surface area contributed by atoms with Gasteiger partial charge in [0, 0.05) is 34.7 Å². The molecule has 0 spiro atoms. The molecule has 0 aliphatic carbocycles. The van der Waals surface area contributed by atoms with Crippen molar-refractivity contribution in [1.29, 1.82) is 0 Å². The third-order valence-corrected chi connectivity index (χ3v) is 4.10. The molecule has 5 heteroatoms. The number of aryl methyl sites for hydroxylation is 1. The molecule has 0 saturated carbocycles. The monoisotopic (exact) mass is 339 g/mol. The van der Waals surface area contributed by atoms with Crippen LogP contribution in [-0.2, 0) is 6.42 Å². The summed E-state index contributed by atoms with van der Waals surface area (Å²) < 4.78 is 1.02. The summed E-state index contributed by atoms with van der Waals surface area (Å²) in [5.41, 5.74) is 2.35. The predicted octanol–water partition coefficient (Wildman–Crippen LogP) is 3.89. The number of hydrogen-bond acceptors (Lipinski definition) is 4. The van der Waals surface area contributed by atoms with E-state index in [0.717, 1.165) is 34.6 Å². The van der Waals surface area contributed by atoms with E-state index in [1.807, 2.05) is 19.3 Å². The van der Waals surface area contributed by atoms with Gasteiger partial charge in [-0.05, 0) is 47.4 Å². The summed E-state index contributed by atoms with van der Waals surface area (Å²) in [4.78, 5) is 8.81. The molecule has 1 atom stereocenters. The summed E-state index contributed by atoms with van der Waals surface area (Å²) in [5.74, 6) is 0.